The minimum atomic E-state index is 0.0316. The highest BCUT2D eigenvalue weighted by molar-refractivity contribution is 7.19. The highest BCUT2D eigenvalue weighted by Gasteiger charge is 2.32. The molecule has 2 aromatic heterocycles. The SMILES string of the molecule is COc1cc2c(cc1Nc1ncnc3sc4c(c13)CC[C@H](C(=O)N1CCOCC1)C4)C=NC2. The van der Waals surface area contributed by atoms with Crippen molar-refractivity contribution in [3.63, 3.8) is 0 Å². The van der Waals surface area contributed by atoms with E-state index in [-0.39, 0.29) is 11.8 Å². The number of hydrogen-bond acceptors (Lipinski definition) is 8. The van der Waals surface area contributed by atoms with Gasteiger partial charge in [0.15, 0.2) is 0 Å². The number of aliphatic imine (C=N–C) groups is 1. The topological polar surface area (TPSA) is 88.9 Å². The van der Waals surface area contributed by atoms with Crippen molar-refractivity contribution < 1.29 is 14.3 Å². The second kappa shape index (κ2) is 8.39. The fourth-order valence-electron chi connectivity index (χ4n) is 4.99. The molecule has 1 aliphatic carbocycles. The number of aromatic nitrogens is 2. The normalized spacial score (nSPS) is 19.4. The Morgan fingerprint density at radius 2 is 2.15 bits per heavy atom. The molecule has 1 amide bonds. The lowest BCUT2D eigenvalue weighted by molar-refractivity contribution is -0.140. The average Bonchev–Trinajstić information content (AvgIpc) is 3.47. The first-order chi connectivity index (χ1) is 16.2. The van der Waals surface area contributed by atoms with Crippen LogP contribution in [0.25, 0.3) is 10.2 Å². The van der Waals surface area contributed by atoms with Crippen molar-refractivity contribution in [2.24, 2.45) is 10.9 Å². The summed E-state index contributed by atoms with van der Waals surface area (Å²) in [6.45, 7) is 3.35. The molecule has 0 spiro atoms. The first-order valence-corrected chi connectivity index (χ1v) is 12.1. The summed E-state index contributed by atoms with van der Waals surface area (Å²) in [5.74, 6) is 1.84. The number of nitrogens with one attached hydrogen (secondary N) is 1. The minimum absolute atomic E-state index is 0.0316. The fourth-order valence-corrected chi connectivity index (χ4v) is 6.26. The van der Waals surface area contributed by atoms with Gasteiger partial charge in [0, 0.05) is 30.1 Å². The number of morpholine rings is 1. The Morgan fingerprint density at radius 3 is 3.00 bits per heavy atom. The van der Waals surface area contributed by atoms with Crippen LogP contribution in [0, 0.1) is 5.92 Å². The molecule has 0 unspecified atom stereocenters. The van der Waals surface area contributed by atoms with Gasteiger partial charge in [-0.2, -0.15) is 0 Å². The lowest BCUT2D eigenvalue weighted by atomic mass is 9.86. The minimum Gasteiger partial charge on any atom is -0.495 e. The monoisotopic (exact) mass is 463 g/mol. The van der Waals surface area contributed by atoms with E-state index in [0.29, 0.717) is 32.8 Å². The number of carbonyl (C=O) groups is 1. The van der Waals surface area contributed by atoms with Gasteiger partial charge in [0.1, 0.15) is 22.7 Å². The molecule has 33 heavy (non-hydrogen) atoms. The van der Waals surface area contributed by atoms with Crippen molar-refractivity contribution in [2.75, 3.05) is 38.7 Å². The highest BCUT2D eigenvalue weighted by atomic mass is 32.1. The zero-order valence-corrected chi connectivity index (χ0v) is 19.3. The van der Waals surface area contributed by atoms with E-state index in [1.807, 2.05) is 17.2 Å². The first kappa shape index (κ1) is 20.6. The average molecular weight is 464 g/mol. The lowest BCUT2D eigenvalue weighted by Gasteiger charge is -2.31. The molecule has 1 aromatic carbocycles. The van der Waals surface area contributed by atoms with Gasteiger partial charge in [-0.3, -0.25) is 9.79 Å². The quantitative estimate of drug-likeness (QED) is 0.638. The molecule has 1 saturated heterocycles. The summed E-state index contributed by atoms with van der Waals surface area (Å²) in [5, 5.41) is 4.56. The predicted molar refractivity (Wildman–Crippen MR) is 128 cm³/mol. The Labute approximate surface area is 195 Å². The maximum Gasteiger partial charge on any atom is 0.226 e. The van der Waals surface area contributed by atoms with E-state index in [1.54, 1.807) is 24.8 Å². The maximum absolute atomic E-state index is 13.1. The van der Waals surface area contributed by atoms with Gasteiger partial charge in [0.05, 0.1) is 37.9 Å². The Bertz CT molecular complexity index is 1260. The Hall–Kier alpha value is -3.04. The zero-order valence-electron chi connectivity index (χ0n) is 18.5. The summed E-state index contributed by atoms with van der Waals surface area (Å²) in [4.78, 5) is 30.7. The lowest BCUT2D eigenvalue weighted by Crippen LogP contribution is -2.44. The summed E-state index contributed by atoms with van der Waals surface area (Å²) in [6, 6.07) is 4.10. The van der Waals surface area contributed by atoms with Crippen molar-refractivity contribution in [2.45, 2.75) is 25.8 Å². The molecule has 3 aromatic rings. The number of anilines is 2. The number of methoxy groups -OCH3 is 1. The Kier molecular flexibility index (Phi) is 5.22. The number of thiophene rings is 1. The molecule has 3 aliphatic rings. The number of carbonyl (C=O) groups excluding carboxylic acids is 1. The van der Waals surface area contributed by atoms with Crippen LogP contribution in [0.5, 0.6) is 5.75 Å². The maximum atomic E-state index is 13.1. The van der Waals surface area contributed by atoms with Crippen LogP contribution >= 0.6 is 11.3 Å². The standard InChI is InChI=1S/C24H25N5O3S/c1-31-19-9-16-12-25-11-15(16)8-18(19)28-22-21-17-3-2-14(24(30)29-4-6-32-7-5-29)10-20(17)33-23(21)27-13-26-22/h8-9,11,13-14H,2-7,10,12H2,1H3,(H,26,27,28)/t14-/m0/s1. The summed E-state index contributed by atoms with van der Waals surface area (Å²) in [5.41, 5.74) is 4.39. The van der Waals surface area contributed by atoms with E-state index in [0.717, 1.165) is 57.9 Å². The largest absolute Gasteiger partial charge is 0.495 e. The number of nitrogens with zero attached hydrogens (tertiary/aromatic N) is 4. The van der Waals surface area contributed by atoms with Crippen LogP contribution in [-0.4, -0.2) is 60.4 Å². The van der Waals surface area contributed by atoms with E-state index < -0.39 is 0 Å². The highest BCUT2D eigenvalue weighted by Crippen LogP contribution is 2.42. The van der Waals surface area contributed by atoms with Crippen molar-refractivity contribution in [1.82, 2.24) is 14.9 Å². The molecule has 1 fully saturated rings. The van der Waals surface area contributed by atoms with Crippen molar-refractivity contribution in [3.8, 4) is 5.75 Å². The Balaban J connectivity index is 1.31. The third kappa shape index (κ3) is 3.65. The molecule has 6 rings (SSSR count). The van der Waals surface area contributed by atoms with Gasteiger partial charge in [-0.1, -0.05) is 0 Å². The second-order valence-corrected chi connectivity index (χ2v) is 9.71. The van der Waals surface area contributed by atoms with E-state index in [9.17, 15) is 4.79 Å². The fraction of sp³-hybridized carbons (Fsp3) is 0.417. The van der Waals surface area contributed by atoms with Gasteiger partial charge in [0.2, 0.25) is 5.91 Å². The van der Waals surface area contributed by atoms with Crippen LogP contribution < -0.4 is 10.1 Å². The molecule has 9 heteroatoms. The smallest absolute Gasteiger partial charge is 0.226 e. The predicted octanol–water partition coefficient (Wildman–Crippen LogP) is 3.34. The summed E-state index contributed by atoms with van der Waals surface area (Å²) in [7, 11) is 1.68. The van der Waals surface area contributed by atoms with Crippen LogP contribution in [-0.2, 0) is 28.9 Å². The Morgan fingerprint density at radius 1 is 1.27 bits per heavy atom. The molecular weight excluding hydrogens is 438 g/mol. The number of hydrogen-bond donors (Lipinski definition) is 1. The van der Waals surface area contributed by atoms with Gasteiger partial charge in [-0.05, 0) is 48.1 Å². The number of aryl methyl sites for hydroxylation is 1. The van der Waals surface area contributed by atoms with Crippen molar-refractivity contribution >= 4 is 45.2 Å². The molecule has 8 nitrogen and oxygen atoms in total. The molecule has 1 atom stereocenters. The van der Waals surface area contributed by atoms with Gasteiger partial charge in [-0.25, -0.2) is 9.97 Å². The van der Waals surface area contributed by atoms with Crippen LogP contribution in [0.15, 0.2) is 23.5 Å². The van der Waals surface area contributed by atoms with Gasteiger partial charge in [-0.15, -0.1) is 11.3 Å². The zero-order chi connectivity index (χ0) is 22.4. The molecule has 0 bridgehead atoms. The van der Waals surface area contributed by atoms with Gasteiger partial charge < -0.3 is 19.7 Å². The van der Waals surface area contributed by atoms with Gasteiger partial charge in [0.25, 0.3) is 0 Å². The number of amides is 1. The second-order valence-electron chi connectivity index (χ2n) is 8.63. The number of rotatable bonds is 4. The van der Waals surface area contributed by atoms with Crippen LogP contribution in [0.3, 0.4) is 0 Å². The van der Waals surface area contributed by atoms with Crippen LogP contribution in [0.2, 0.25) is 0 Å². The summed E-state index contributed by atoms with van der Waals surface area (Å²) >= 11 is 1.68. The van der Waals surface area contributed by atoms with Gasteiger partial charge >= 0.3 is 0 Å². The molecule has 0 radical (unpaired) electrons. The molecule has 0 saturated carbocycles. The van der Waals surface area contributed by atoms with E-state index in [1.165, 1.54) is 10.4 Å². The first-order valence-electron chi connectivity index (χ1n) is 11.3. The third-order valence-corrected chi connectivity index (χ3v) is 7.89. The van der Waals surface area contributed by atoms with Crippen LogP contribution in [0.1, 0.15) is 28.0 Å². The summed E-state index contributed by atoms with van der Waals surface area (Å²) < 4.78 is 11.0. The molecule has 2 aliphatic heterocycles. The number of benzene rings is 1. The van der Waals surface area contributed by atoms with Crippen molar-refractivity contribution in [3.05, 3.63) is 40.0 Å². The molecule has 4 heterocycles. The molecular formula is C24H25N5O3S. The number of ether oxygens (including phenoxy) is 2. The van der Waals surface area contributed by atoms with E-state index >= 15 is 0 Å². The molecule has 1 N–H and O–H groups in total. The van der Waals surface area contributed by atoms with Crippen LogP contribution in [0.4, 0.5) is 11.5 Å². The van der Waals surface area contributed by atoms with E-state index in [2.05, 4.69) is 26.3 Å². The third-order valence-electron chi connectivity index (χ3n) is 6.72. The number of fused-ring (bicyclic) bond motifs is 4. The summed E-state index contributed by atoms with van der Waals surface area (Å²) in [6.07, 6.45) is 5.97. The van der Waals surface area contributed by atoms with Crippen molar-refractivity contribution in [1.29, 1.82) is 0 Å². The molecule has 170 valence electrons. The van der Waals surface area contributed by atoms with E-state index in [4.69, 9.17) is 9.47 Å².